The molecule has 1 heterocycles. The molecule has 0 saturated heterocycles. The molecule has 4 nitrogen and oxygen atoms in total. The molecule has 0 aliphatic rings. The fraction of sp³-hybridized carbons (Fsp3) is 0.111. The Bertz CT molecular complexity index is 826. The molecule has 0 radical (unpaired) electrons. The lowest BCUT2D eigenvalue weighted by atomic mass is 10.0. The highest BCUT2D eigenvalue weighted by Crippen LogP contribution is 2.29. The lowest BCUT2D eigenvalue weighted by Crippen LogP contribution is -2.16. The Morgan fingerprint density at radius 1 is 1.00 bits per heavy atom. The highest BCUT2D eigenvalue weighted by Gasteiger charge is 2.16. The summed E-state index contributed by atoms with van der Waals surface area (Å²) in [6, 6.07) is 17.1. The van der Waals surface area contributed by atoms with Crippen molar-refractivity contribution < 1.29 is 0 Å². The lowest BCUT2D eigenvalue weighted by molar-refractivity contribution is 0.833. The number of hydrogen-bond donors (Lipinski definition) is 2. The van der Waals surface area contributed by atoms with Crippen LogP contribution in [0.15, 0.2) is 66.0 Å². The van der Waals surface area contributed by atoms with Gasteiger partial charge in [-0.25, -0.2) is 9.97 Å². The third-order valence-electron chi connectivity index (χ3n) is 3.61. The van der Waals surface area contributed by atoms with Crippen LogP contribution in [0, 0.1) is 0 Å². The van der Waals surface area contributed by atoms with Gasteiger partial charge in [0.25, 0.3) is 0 Å². The second kappa shape index (κ2) is 7.66. The van der Waals surface area contributed by atoms with Gasteiger partial charge in [0.2, 0.25) is 0 Å². The lowest BCUT2D eigenvalue weighted by Gasteiger charge is -2.15. The first-order chi connectivity index (χ1) is 11.6. The summed E-state index contributed by atoms with van der Waals surface area (Å²) in [5.74, 6) is 1.17. The van der Waals surface area contributed by atoms with Crippen LogP contribution in [0.4, 0.5) is 5.82 Å². The number of nitrogens with two attached hydrogens (primary N) is 2. The zero-order chi connectivity index (χ0) is 16.9. The molecule has 0 fully saturated rings. The van der Waals surface area contributed by atoms with Crippen molar-refractivity contribution in [1.29, 1.82) is 0 Å². The predicted octanol–water partition coefficient (Wildman–Crippen LogP) is 4.05. The molecule has 0 amide bonds. The molecular weight excluding hydrogens is 340 g/mol. The van der Waals surface area contributed by atoms with Crippen molar-refractivity contribution in [3.05, 3.63) is 82.5 Å². The van der Waals surface area contributed by atoms with Crippen LogP contribution in [0.1, 0.15) is 22.7 Å². The standard InChI is InChI=1S/C18H17ClN4S/c19-15-9-5-4-8-13(15)16(20)14-10-22-18(23-17(14)21)24-11-12-6-2-1-3-7-12/h1-10,16H,11,20H2,(H2,21,22,23). The number of thioether (sulfide) groups is 1. The maximum Gasteiger partial charge on any atom is 0.189 e. The van der Waals surface area contributed by atoms with Crippen LogP contribution >= 0.6 is 23.4 Å². The first kappa shape index (κ1) is 16.8. The maximum atomic E-state index is 6.28. The van der Waals surface area contributed by atoms with Crippen molar-refractivity contribution in [3.63, 3.8) is 0 Å². The van der Waals surface area contributed by atoms with Crippen LogP contribution in [0.25, 0.3) is 0 Å². The fourth-order valence-corrected chi connectivity index (χ4v) is 3.35. The summed E-state index contributed by atoms with van der Waals surface area (Å²) in [5, 5.41) is 1.23. The minimum atomic E-state index is -0.452. The van der Waals surface area contributed by atoms with E-state index in [2.05, 4.69) is 22.1 Å². The van der Waals surface area contributed by atoms with Crippen molar-refractivity contribution in [1.82, 2.24) is 9.97 Å². The van der Waals surface area contributed by atoms with Gasteiger partial charge in [-0.15, -0.1) is 0 Å². The van der Waals surface area contributed by atoms with Crippen LogP contribution in [0.3, 0.4) is 0 Å². The second-order valence-electron chi connectivity index (χ2n) is 5.27. The molecule has 2 aromatic carbocycles. The van der Waals surface area contributed by atoms with E-state index in [1.165, 1.54) is 17.3 Å². The zero-order valence-electron chi connectivity index (χ0n) is 12.9. The predicted molar refractivity (Wildman–Crippen MR) is 99.9 cm³/mol. The summed E-state index contributed by atoms with van der Waals surface area (Å²) in [4.78, 5) is 8.75. The van der Waals surface area contributed by atoms with E-state index in [1.807, 2.05) is 36.4 Å². The van der Waals surface area contributed by atoms with Crippen LogP contribution in [0.2, 0.25) is 5.02 Å². The normalized spacial score (nSPS) is 12.1. The van der Waals surface area contributed by atoms with Crippen LogP contribution in [-0.4, -0.2) is 9.97 Å². The summed E-state index contributed by atoms with van der Waals surface area (Å²) in [6.45, 7) is 0. The van der Waals surface area contributed by atoms with Gasteiger partial charge in [0.15, 0.2) is 5.16 Å². The number of nitrogens with zero attached hydrogens (tertiary/aromatic N) is 2. The molecule has 1 aromatic heterocycles. The largest absolute Gasteiger partial charge is 0.383 e. The Labute approximate surface area is 150 Å². The Kier molecular flexibility index (Phi) is 5.35. The van der Waals surface area contributed by atoms with Crippen molar-refractivity contribution >= 4 is 29.2 Å². The number of aromatic nitrogens is 2. The molecule has 0 aliphatic carbocycles. The van der Waals surface area contributed by atoms with Crippen molar-refractivity contribution in [2.24, 2.45) is 5.73 Å². The number of benzene rings is 2. The van der Waals surface area contributed by atoms with E-state index >= 15 is 0 Å². The molecule has 4 N–H and O–H groups in total. The molecule has 0 bridgehead atoms. The number of halogens is 1. The molecule has 6 heteroatoms. The molecule has 0 aliphatic heterocycles. The van der Waals surface area contributed by atoms with Gasteiger partial charge in [-0.2, -0.15) is 0 Å². The maximum absolute atomic E-state index is 6.28. The molecule has 0 spiro atoms. The molecule has 122 valence electrons. The Morgan fingerprint density at radius 3 is 2.42 bits per heavy atom. The number of nitrogen functional groups attached to an aromatic ring is 1. The third-order valence-corrected chi connectivity index (χ3v) is 4.89. The highest BCUT2D eigenvalue weighted by atomic mass is 35.5. The minimum Gasteiger partial charge on any atom is -0.383 e. The van der Waals surface area contributed by atoms with Gasteiger partial charge in [-0.05, 0) is 17.2 Å². The smallest absolute Gasteiger partial charge is 0.189 e. The Balaban J connectivity index is 1.76. The van der Waals surface area contributed by atoms with Crippen molar-refractivity contribution in [2.45, 2.75) is 17.0 Å². The van der Waals surface area contributed by atoms with Crippen molar-refractivity contribution in [2.75, 3.05) is 5.73 Å². The van der Waals surface area contributed by atoms with Gasteiger partial charge in [-0.3, -0.25) is 0 Å². The van der Waals surface area contributed by atoms with Crippen LogP contribution in [-0.2, 0) is 5.75 Å². The van der Waals surface area contributed by atoms with E-state index < -0.39 is 6.04 Å². The molecular formula is C18H17ClN4S. The van der Waals surface area contributed by atoms with Crippen LogP contribution in [0.5, 0.6) is 0 Å². The van der Waals surface area contributed by atoms with E-state index in [9.17, 15) is 0 Å². The summed E-state index contributed by atoms with van der Waals surface area (Å²) in [7, 11) is 0. The molecule has 0 saturated carbocycles. The van der Waals surface area contributed by atoms with E-state index in [-0.39, 0.29) is 0 Å². The number of rotatable bonds is 5. The summed E-state index contributed by atoms with van der Waals surface area (Å²) in [5.41, 5.74) is 15.1. The molecule has 1 unspecified atom stereocenters. The SMILES string of the molecule is Nc1nc(SCc2ccccc2)ncc1C(N)c1ccccc1Cl. The Hall–Kier alpha value is -2.08. The topological polar surface area (TPSA) is 77.8 Å². The van der Waals surface area contributed by atoms with E-state index in [4.69, 9.17) is 23.1 Å². The van der Waals surface area contributed by atoms with E-state index in [0.717, 1.165) is 11.3 Å². The fourth-order valence-electron chi connectivity index (χ4n) is 2.31. The number of hydrogen-bond acceptors (Lipinski definition) is 5. The van der Waals surface area contributed by atoms with Gasteiger partial charge in [0.05, 0.1) is 6.04 Å². The van der Waals surface area contributed by atoms with Gasteiger partial charge in [0, 0.05) is 22.5 Å². The molecule has 3 rings (SSSR count). The van der Waals surface area contributed by atoms with Gasteiger partial charge >= 0.3 is 0 Å². The van der Waals surface area contributed by atoms with E-state index in [0.29, 0.717) is 21.6 Å². The summed E-state index contributed by atoms with van der Waals surface area (Å²) < 4.78 is 0. The van der Waals surface area contributed by atoms with Gasteiger partial charge in [-0.1, -0.05) is 71.9 Å². The summed E-state index contributed by atoms with van der Waals surface area (Å²) >= 11 is 7.74. The molecule has 3 aromatic rings. The second-order valence-corrected chi connectivity index (χ2v) is 6.62. The zero-order valence-corrected chi connectivity index (χ0v) is 14.5. The van der Waals surface area contributed by atoms with E-state index in [1.54, 1.807) is 12.3 Å². The third kappa shape index (κ3) is 3.87. The molecule has 1 atom stereocenters. The van der Waals surface area contributed by atoms with Gasteiger partial charge in [0.1, 0.15) is 5.82 Å². The highest BCUT2D eigenvalue weighted by molar-refractivity contribution is 7.98. The Morgan fingerprint density at radius 2 is 1.71 bits per heavy atom. The summed E-state index contributed by atoms with van der Waals surface area (Å²) in [6.07, 6.45) is 1.68. The molecule has 24 heavy (non-hydrogen) atoms. The first-order valence-electron chi connectivity index (χ1n) is 7.44. The van der Waals surface area contributed by atoms with Crippen LogP contribution < -0.4 is 11.5 Å². The first-order valence-corrected chi connectivity index (χ1v) is 8.80. The average molecular weight is 357 g/mol. The van der Waals surface area contributed by atoms with Gasteiger partial charge < -0.3 is 11.5 Å². The van der Waals surface area contributed by atoms with Crippen molar-refractivity contribution in [3.8, 4) is 0 Å². The average Bonchev–Trinajstić information content (AvgIpc) is 2.61. The number of anilines is 1. The minimum absolute atomic E-state index is 0.382. The quantitative estimate of drug-likeness (QED) is 0.532. The monoisotopic (exact) mass is 356 g/mol.